The standard InChI is InChI=1S/C21H25N3O2/c1-14(12-21(3,4)19-10-9-15(2)26-19)23-24-20(25)11-16-13-22-18-8-6-5-7-17(16)18/h5-10,13,22H,11-12H2,1-4H3,(H,24,25)/b23-14-. The minimum atomic E-state index is -0.177. The van der Waals surface area contributed by atoms with E-state index in [1.54, 1.807) is 0 Å². The highest BCUT2D eigenvalue weighted by Crippen LogP contribution is 2.29. The predicted octanol–water partition coefficient (Wildman–Crippen LogP) is 4.47. The number of hydrogen-bond acceptors (Lipinski definition) is 3. The van der Waals surface area contributed by atoms with Gasteiger partial charge in [0, 0.05) is 28.2 Å². The number of H-pyrrole nitrogens is 1. The molecular formula is C21H25N3O2. The summed E-state index contributed by atoms with van der Waals surface area (Å²) in [4.78, 5) is 15.4. The van der Waals surface area contributed by atoms with Gasteiger partial charge in [-0.1, -0.05) is 32.0 Å². The van der Waals surface area contributed by atoms with Gasteiger partial charge in [0.05, 0.1) is 6.42 Å². The molecule has 2 aromatic heterocycles. The van der Waals surface area contributed by atoms with E-state index < -0.39 is 0 Å². The highest BCUT2D eigenvalue weighted by Gasteiger charge is 2.25. The van der Waals surface area contributed by atoms with Crippen LogP contribution in [0.2, 0.25) is 0 Å². The molecule has 0 bridgehead atoms. The Morgan fingerprint density at radius 3 is 2.73 bits per heavy atom. The van der Waals surface area contributed by atoms with Crippen LogP contribution in [0.25, 0.3) is 10.9 Å². The molecular weight excluding hydrogens is 326 g/mol. The lowest BCUT2D eigenvalue weighted by molar-refractivity contribution is -0.120. The van der Waals surface area contributed by atoms with Crippen LogP contribution in [-0.4, -0.2) is 16.6 Å². The molecule has 3 aromatic rings. The van der Waals surface area contributed by atoms with Crippen molar-refractivity contribution in [3.8, 4) is 0 Å². The van der Waals surface area contributed by atoms with Crippen molar-refractivity contribution in [2.24, 2.45) is 5.10 Å². The Morgan fingerprint density at radius 1 is 1.23 bits per heavy atom. The zero-order valence-corrected chi connectivity index (χ0v) is 15.7. The first-order chi connectivity index (χ1) is 12.3. The third kappa shape index (κ3) is 4.04. The second-order valence-electron chi connectivity index (χ2n) is 7.39. The fourth-order valence-electron chi connectivity index (χ4n) is 3.21. The van der Waals surface area contributed by atoms with E-state index in [1.165, 1.54) is 0 Å². The average Bonchev–Trinajstić information content (AvgIpc) is 3.20. The molecule has 0 atom stereocenters. The van der Waals surface area contributed by atoms with Crippen LogP contribution in [0.15, 0.2) is 52.1 Å². The summed E-state index contributed by atoms with van der Waals surface area (Å²) < 4.78 is 5.74. The van der Waals surface area contributed by atoms with Crippen molar-refractivity contribution in [2.45, 2.75) is 46.0 Å². The number of furan rings is 1. The summed E-state index contributed by atoms with van der Waals surface area (Å²) >= 11 is 0. The largest absolute Gasteiger partial charge is 0.466 e. The molecule has 2 N–H and O–H groups in total. The molecule has 0 radical (unpaired) electrons. The number of carbonyl (C=O) groups excluding carboxylic acids is 1. The van der Waals surface area contributed by atoms with Crippen LogP contribution in [-0.2, 0) is 16.6 Å². The van der Waals surface area contributed by atoms with Gasteiger partial charge < -0.3 is 9.40 Å². The fraction of sp³-hybridized carbons (Fsp3) is 0.333. The lowest BCUT2D eigenvalue weighted by Crippen LogP contribution is -2.24. The molecule has 0 saturated carbocycles. The van der Waals surface area contributed by atoms with E-state index in [0.717, 1.165) is 33.7 Å². The van der Waals surface area contributed by atoms with Gasteiger partial charge in [0.15, 0.2) is 0 Å². The number of aromatic nitrogens is 1. The van der Waals surface area contributed by atoms with Crippen LogP contribution < -0.4 is 5.43 Å². The van der Waals surface area contributed by atoms with Gasteiger partial charge in [-0.05, 0) is 44.0 Å². The van der Waals surface area contributed by atoms with Crippen LogP contribution in [0, 0.1) is 6.92 Å². The molecule has 0 aliphatic heterocycles. The number of fused-ring (bicyclic) bond motifs is 1. The molecule has 2 heterocycles. The number of hydrogen-bond donors (Lipinski definition) is 2. The van der Waals surface area contributed by atoms with E-state index in [1.807, 2.05) is 56.4 Å². The van der Waals surface area contributed by atoms with E-state index in [0.29, 0.717) is 12.8 Å². The number of nitrogens with zero attached hydrogens (tertiary/aromatic N) is 1. The Morgan fingerprint density at radius 2 is 2.00 bits per heavy atom. The minimum absolute atomic E-state index is 0.124. The number of amides is 1. The van der Waals surface area contributed by atoms with Crippen molar-refractivity contribution in [2.75, 3.05) is 0 Å². The topological polar surface area (TPSA) is 70.4 Å². The van der Waals surface area contributed by atoms with Gasteiger partial charge in [-0.2, -0.15) is 5.10 Å². The number of aromatic amines is 1. The summed E-state index contributed by atoms with van der Waals surface area (Å²) in [5.41, 5.74) is 5.35. The summed E-state index contributed by atoms with van der Waals surface area (Å²) in [6.07, 6.45) is 2.87. The number of benzene rings is 1. The second kappa shape index (κ2) is 7.20. The summed E-state index contributed by atoms with van der Waals surface area (Å²) in [7, 11) is 0. The van der Waals surface area contributed by atoms with Crippen LogP contribution in [0.5, 0.6) is 0 Å². The van der Waals surface area contributed by atoms with E-state index in [-0.39, 0.29) is 11.3 Å². The van der Waals surface area contributed by atoms with E-state index in [4.69, 9.17) is 4.42 Å². The lowest BCUT2D eigenvalue weighted by atomic mass is 9.85. The van der Waals surface area contributed by atoms with Crippen molar-refractivity contribution < 1.29 is 9.21 Å². The lowest BCUT2D eigenvalue weighted by Gasteiger charge is -2.21. The van der Waals surface area contributed by atoms with Gasteiger partial charge in [-0.3, -0.25) is 4.79 Å². The Bertz CT molecular complexity index is 947. The molecule has 26 heavy (non-hydrogen) atoms. The molecule has 136 valence electrons. The molecule has 0 fully saturated rings. The van der Waals surface area contributed by atoms with Crippen LogP contribution >= 0.6 is 0 Å². The minimum Gasteiger partial charge on any atom is -0.466 e. The monoisotopic (exact) mass is 351 g/mol. The Kier molecular flexibility index (Phi) is 4.98. The van der Waals surface area contributed by atoms with Gasteiger partial charge in [0.1, 0.15) is 11.5 Å². The number of rotatable bonds is 6. The van der Waals surface area contributed by atoms with Gasteiger partial charge in [-0.25, -0.2) is 5.43 Å². The number of aryl methyl sites for hydroxylation is 1. The summed E-state index contributed by atoms with van der Waals surface area (Å²) in [6, 6.07) is 11.9. The van der Waals surface area contributed by atoms with Crippen LogP contribution in [0.4, 0.5) is 0 Å². The Balaban J connectivity index is 1.60. The molecule has 0 aliphatic carbocycles. The zero-order chi connectivity index (χ0) is 18.7. The summed E-state index contributed by atoms with van der Waals surface area (Å²) in [5.74, 6) is 1.70. The molecule has 0 unspecified atom stereocenters. The first-order valence-corrected chi connectivity index (χ1v) is 8.79. The molecule has 1 amide bonds. The SMILES string of the molecule is C/C(CC(C)(C)c1ccc(C)o1)=N/NC(=O)Cc1c[nH]c2ccccc12. The van der Waals surface area contributed by atoms with Crippen molar-refractivity contribution in [3.05, 3.63) is 59.7 Å². The number of nitrogens with one attached hydrogen (secondary N) is 2. The normalized spacial score (nSPS) is 12.5. The molecule has 1 aromatic carbocycles. The van der Waals surface area contributed by atoms with E-state index in [2.05, 4.69) is 29.4 Å². The van der Waals surface area contributed by atoms with Crippen molar-refractivity contribution in [1.29, 1.82) is 0 Å². The van der Waals surface area contributed by atoms with Crippen LogP contribution in [0.1, 0.15) is 44.3 Å². The quantitative estimate of drug-likeness (QED) is 0.508. The van der Waals surface area contributed by atoms with E-state index >= 15 is 0 Å². The second-order valence-corrected chi connectivity index (χ2v) is 7.39. The first kappa shape index (κ1) is 18.0. The number of carbonyl (C=O) groups is 1. The van der Waals surface area contributed by atoms with Gasteiger partial charge in [0.25, 0.3) is 0 Å². The maximum Gasteiger partial charge on any atom is 0.244 e. The molecule has 0 saturated heterocycles. The maximum absolute atomic E-state index is 12.2. The van der Waals surface area contributed by atoms with Crippen molar-refractivity contribution in [3.63, 3.8) is 0 Å². The third-order valence-corrected chi connectivity index (χ3v) is 4.50. The fourth-order valence-corrected chi connectivity index (χ4v) is 3.21. The smallest absolute Gasteiger partial charge is 0.244 e. The molecule has 5 heteroatoms. The number of hydrazone groups is 1. The third-order valence-electron chi connectivity index (χ3n) is 4.50. The van der Waals surface area contributed by atoms with Gasteiger partial charge in [-0.15, -0.1) is 0 Å². The zero-order valence-electron chi connectivity index (χ0n) is 15.7. The summed E-state index contributed by atoms with van der Waals surface area (Å²) in [5, 5.41) is 5.33. The summed E-state index contributed by atoms with van der Waals surface area (Å²) in [6.45, 7) is 8.07. The average molecular weight is 351 g/mol. The molecule has 0 spiro atoms. The highest BCUT2D eigenvalue weighted by atomic mass is 16.3. The van der Waals surface area contributed by atoms with Crippen molar-refractivity contribution >= 4 is 22.5 Å². The molecule has 0 aliphatic rings. The molecule has 5 nitrogen and oxygen atoms in total. The van der Waals surface area contributed by atoms with E-state index in [9.17, 15) is 4.79 Å². The Hall–Kier alpha value is -2.82. The van der Waals surface area contributed by atoms with Gasteiger partial charge >= 0.3 is 0 Å². The van der Waals surface area contributed by atoms with Gasteiger partial charge in [0.2, 0.25) is 5.91 Å². The highest BCUT2D eigenvalue weighted by molar-refractivity contribution is 5.90. The Labute approximate surface area is 153 Å². The maximum atomic E-state index is 12.2. The van der Waals surface area contributed by atoms with Crippen LogP contribution in [0.3, 0.4) is 0 Å². The van der Waals surface area contributed by atoms with Crippen molar-refractivity contribution in [1.82, 2.24) is 10.4 Å². The molecule has 3 rings (SSSR count). The first-order valence-electron chi connectivity index (χ1n) is 8.79. The predicted molar refractivity (Wildman–Crippen MR) is 104 cm³/mol. The number of para-hydroxylation sites is 1.